The number of sulfonamides is 1. The number of ether oxygens (including phenoxy) is 1. The Labute approximate surface area is 203 Å². The minimum Gasteiger partial charge on any atom is -0.488 e. The van der Waals surface area contributed by atoms with E-state index in [1.54, 1.807) is 0 Å². The summed E-state index contributed by atoms with van der Waals surface area (Å²) in [6, 6.07) is 9.48. The molecule has 34 heavy (non-hydrogen) atoms. The minimum absolute atomic E-state index is 0.0936. The molecule has 1 unspecified atom stereocenters. The first-order valence-corrected chi connectivity index (χ1v) is 12.7. The summed E-state index contributed by atoms with van der Waals surface area (Å²) in [6.45, 7) is 1.14. The summed E-state index contributed by atoms with van der Waals surface area (Å²) >= 11 is 6.84. The number of likely N-dealkylation sites (N-methyl/N-ethyl adjacent to an activating group) is 1. The molecule has 2 heterocycles. The molecule has 1 saturated heterocycles. The maximum Gasteiger partial charge on any atom is 0.419 e. The number of likely N-dealkylation sites (tertiary alicyclic amines) is 1. The largest absolute Gasteiger partial charge is 0.488 e. The number of rotatable bonds is 6. The van der Waals surface area contributed by atoms with Crippen LogP contribution in [0.25, 0.3) is 11.1 Å². The second kappa shape index (κ2) is 9.37. The van der Waals surface area contributed by atoms with Crippen LogP contribution in [0, 0.1) is 5.82 Å². The Bertz CT molecular complexity index is 1290. The molecule has 1 atom stereocenters. The lowest BCUT2D eigenvalue weighted by Gasteiger charge is -2.19. The Hall–Kier alpha value is -2.34. The summed E-state index contributed by atoms with van der Waals surface area (Å²) in [6.07, 6.45) is -4.56. The van der Waals surface area contributed by atoms with Gasteiger partial charge in [0.05, 0.1) is 15.6 Å². The van der Waals surface area contributed by atoms with Gasteiger partial charge in [0, 0.05) is 24.7 Å². The Morgan fingerprint density at radius 1 is 1.15 bits per heavy atom. The third-order valence-corrected chi connectivity index (χ3v) is 8.43. The molecule has 4 rings (SSSR count). The fourth-order valence-electron chi connectivity index (χ4n) is 3.66. The van der Waals surface area contributed by atoms with E-state index in [0.29, 0.717) is 25.1 Å². The fraction of sp³-hybridized carbons (Fsp3) is 0.273. The van der Waals surface area contributed by atoms with Crippen LogP contribution < -0.4 is 9.46 Å². The molecule has 0 spiro atoms. The van der Waals surface area contributed by atoms with Crippen molar-refractivity contribution in [2.75, 3.05) is 24.9 Å². The molecule has 1 aliphatic heterocycles. The second-order valence-electron chi connectivity index (χ2n) is 7.86. The quantitative estimate of drug-likeness (QED) is 0.388. The van der Waals surface area contributed by atoms with Gasteiger partial charge in [0.25, 0.3) is 10.0 Å². The van der Waals surface area contributed by atoms with Gasteiger partial charge in [0.2, 0.25) is 0 Å². The van der Waals surface area contributed by atoms with Crippen LogP contribution >= 0.6 is 22.9 Å². The van der Waals surface area contributed by atoms with Gasteiger partial charge in [-0.25, -0.2) is 12.8 Å². The van der Waals surface area contributed by atoms with Gasteiger partial charge in [-0.2, -0.15) is 13.2 Å². The molecule has 1 fully saturated rings. The lowest BCUT2D eigenvalue weighted by molar-refractivity contribution is -0.139. The SMILES string of the molecule is CN1CCC(Oc2cc(NS(=O)(=O)c3sc(Cl)cc3-c3ccc(F)cc3)ccc2C(F)(F)F)C1. The Kier molecular flexibility index (Phi) is 6.83. The molecule has 3 aromatic rings. The van der Waals surface area contributed by atoms with E-state index in [-0.39, 0.29) is 19.8 Å². The normalized spacial score (nSPS) is 17.2. The van der Waals surface area contributed by atoms with Gasteiger partial charge in [-0.3, -0.25) is 4.72 Å². The highest BCUT2D eigenvalue weighted by Gasteiger charge is 2.36. The fourth-order valence-corrected chi connectivity index (χ4v) is 6.61. The standard InChI is InChI=1S/C22H19ClF4N2O3S2/c1-29-9-8-16(12-29)32-19-10-15(6-7-18(19)22(25,26)27)28-34(30,31)21-17(11-20(23)33-21)13-2-4-14(24)5-3-13/h2-7,10-11,16,28H,8-9,12H2,1H3. The summed E-state index contributed by atoms with van der Waals surface area (Å²) in [5, 5.41) is 0. The van der Waals surface area contributed by atoms with Crippen molar-refractivity contribution in [3.63, 3.8) is 0 Å². The maximum absolute atomic E-state index is 13.5. The number of alkyl halides is 3. The average Bonchev–Trinajstić information content (AvgIpc) is 3.33. The summed E-state index contributed by atoms with van der Waals surface area (Å²) in [5.41, 5.74) is -0.410. The molecule has 0 saturated carbocycles. The molecule has 0 aliphatic carbocycles. The van der Waals surface area contributed by atoms with E-state index in [0.717, 1.165) is 29.5 Å². The molecule has 5 nitrogen and oxygen atoms in total. The highest BCUT2D eigenvalue weighted by Crippen LogP contribution is 2.41. The van der Waals surface area contributed by atoms with Crippen molar-refractivity contribution in [1.82, 2.24) is 4.90 Å². The maximum atomic E-state index is 13.5. The summed E-state index contributed by atoms with van der Waals surface area (Å²) < 4.78 is 88.2. The molecule has 0 bridgehead atoms. The Balaban J connectivity index is 1.67. The number of nitrogens with one attached hydrogen (secondary N) is 1. The van der Waals surface area contributed by atoms with E-state index >= 15 is 0 Å². The minimum atomic E-state index is -4.67. The van der Waals surface area contributed by atoms with Crippen molar-refractivity contribution in [3.05, 3.63) is 64.2 Å². The van der Waals surface area contributed by atoms with Gasteiger partial charge in [-0.1, -0.05) is 23.7 Å². The van der Waals surface area contributed by atoms with Crippen LogP contribution in [-0.4, -0.2) is 39.6 Å². The van der Waals surface area contributed by atoms with Crippen molar-refractivity contribution in [3.8, 4) is 16.9 Å². The number of halogens is 5. The number of benzene rings is 2. The van der Waals surface area contributed by atoms with Gasteiger partial charge in [0.1, 0.15) is 21.9 Å². The van der Waals surface area contributed by atoms with E-state index in [9.17, 15) is 26.0 Å². The van der Waals surface area contributed by atoms with Crippen molar-refractivity contribution >= 4 is 38.6 Å². The summed E-state index contributed by atoms with van der Waals surface area (Å²) in [7, 11) is -2.40. The van der Waals surface area contributed by atoms with Gasteiger partial charge >= 0.3 is 6.18 Å². The summed E-state index contributed by atoms with van der Waals surface area (Å²) in [5.74, 6) is -0.936. The molecule has 1 N–H and O–H groups in total. The first-order valence-electron chi connectivity index (χ1n) is 10.1. The van der Waals surface area contributed by atoms with E-state index in [4.69, 9.17) is 16.3 Å². The topological polar surface area (TPSA) is 58.6 Å². The lowest BCUT2D eigenvalue weighted by atomic mass is 10.1. The van der Waals surface area contributed by atoms with Crippen molar-refractivity contribution in [2.24, 2.45) is 0 Å². The predicted molar refractivity (Wildman–Crippen MR) is 124 cm³/mol. The highest BCUT2D eigenvalue weighted by molar-refractivity contribution is 7.94. The van der Waals surface area contributed by atoms with E-state index in [1.165, 1.54) is 30.3 Å². The van der Waals surface area contributed by atoms with Gasteiger partial charge in [-0.05, 0) is 49.4 Å². The van der Waals surface area contributed by atoms with Crippen LogP contribution in [0.4, 0.5) is 23.2 Å². The molecule has 2 aromatic carbocycles. The van der Waals surface area contributed by atoms with Crippen LogP contribution in [0.3, 0.4) is 0 Å². The first kappa shape index (κ1) is 24.8. The zero-order valence-electron chi connectivity index (χ0n) is 17.7. The third kappa shape index (κ3) is 5.48. The number of hydrogen-bond acceptors (Lipinski definition) is 5. The molecule has 1 aromatic heterocycles. The number of anilines is 1. The van der Waals surface area contributed by atoms with E-state index in [2.05, 4.69) is 4.72 Å². The van der Waals surface area contributed by atoms with Crippen molar-refractivity contribution in [2.45, 2.75) is 22.9 Å². The average molecular weight is 535 g/mol. The highest BCUT2D eigenvalue weighted by atomic mass is 35.5. The zero-order valence-corrected chi connectivity index (χ0v) is 20.1. The Morgan fingerprint density at radius 2 is 1.85 bits per heavy atom. The van der Waals surface area contributed by atoms with Crippen LogP contribution in [-0.2, 0) is 16.2 Å². The smallest absolute Gasteiger partial charge is 0.419 e. The number of thiophene rings is 1. The number of nitrogens with zero attached hydrogens (tertiary/aromatic N) is 1. The molecule has 0 radical (unpaired) electrons. The van der Waals surface area contributed by atoms with Crippen molar-refractivity contribution < 1.29 is 30.7 Å². The summed E-state index contributed by atoms with van der Waals surface area (Å²) in [4.78, 5) is 1.93. The predicted octanol–water partition coefficient (Wildman–Crippen LogP) is 6.11. The number of hydrogen-bond donors (Lipinski definition) is 1. The first-order chi connectivity index (χ1) is 15.9. The van der Waals surface area contributed by atoms with E-state index < -0.39 is 39.4 Å². The monoisotopic (exact) mass is 534 g/mol. The van der Waals surface area contributed by atoms with Crippen molar-refractivity contribution in [1.29, 1.82) is 0 Å². The van der Waals surface area contributed by atoms with Crippen LogP contribution in [0.5, 0.6) is 5.75 Å². The van der Waals surface area contributed by atoms with Gasteiger partial charge < -0.3 is 9.64 Å². The van der Waals surface area contributed by atoms with Crippen LogP contribution in [0.2, 0.25) is 4.34 Å². The second-order valence-corrected chi connectivity index (χ2v) is 11.4. The van der Waals surface area contributed by atoms with E-state index in [1.807, 2.05) is 11.9 Å². The Morgan fingerprint density at radius 3 is 2.47 bits per heavy atom. The van der Waals surface area contributed by atoms with Gasteiger partial charge in [0.15, 0.2) is 0 Å². The molecule has 1 aliphatic rings. The lowest BCUT2D eigenvalue weighted by Crippen LogP contribution is -2.23. The van der Waals surface area contributed by atoms with Gasteiger partial charge in [-0.15, -0.1) is 11.3 Å². The molecular weight excluding hydrogens is 516 g/mol. The van der Waals surface area contributed by atoms with Crippen LogP contribution in [0.1, 0.15) is 12.0 Å². The zero-order chi connectivity index (χ0) is 24.7. The molecule has 12 heteroatoms. The van der Waals surface area contributed by atoms with Crippen LogP contribution in [0.15, 0.2) is 52.7 Å². The molecule has 182 valence electrons. The molecular formula is C22H19ClF4N2O3S2. The third-order valence-electron chi connectivity index (χ3n) is 5.25. The molecule has 0 amide bonds.